The fourth-order valence-corrected chi connectivity index (χ4v) is 3.26. The maximum atomic E-state index is 12.0. The lowest BCUT2D eigenvalue weighted by molar-refractivity contribution is 0.0523. The van der Waals surface area contributed by atoms with Crippen LogP contribution in [0.2, 0.25) is 0 Å². The number of ether oxygens (including phenoxy) is 2. The smallest absolute Gasteiger partial charge is 0.342 e. The summed E-state index contributed by atoms with van der Waals surface area (Å²) in [6.45, 7) is 4.16. The summed E-state index contributed by atoms with van der Waals surface area (Å²) in [5.74, 6) is -0.290. The summed E-state index contributed by atoms with van der Waals surface area (Å²) in [6.07, 6.45) is 0. The van der Waals surface area contributed by atoms with E-state index in [1.807, 2.05) is 4.68 Å². The molecule has 0 spiro atoms. The molecule has 18 heavy (non-hydrogen) atoms. The third kappa shape index (κ3) is 1.84. The van der Waals surface area contributed by atoms with E-state index in [2.05, 4.69) is 33.0 Å². The van der Waals surface area contributed by atoms with Gasteiger partial charge in [0.25, 0.3) is 0 Å². The van der Waals surface area contributed by atoms with Crippen LogP contribution in [0, 0.1) is 3.70 Å². The van der Waals surface area contributed by atoms with Gasteiger partial charge in [0.2, 0.25) is 0 Å². The standard InChI is InChI=1S/C11H14IN3O3/c1-2-18-11(16)9-7-3-13-6-4-17-5-8(6)15(7)14-10(9)12/h6,8,13H,2-5H2,1H3/t6-,8+/m1/s1. The van der Waals surface area contributed by atoms with Crippen molar-refractivity contribution in [1.29, 1.82) is 0 Å². The molecular weight excluding hydrogens is 349 g/mol. The second-order valence-corrected chi connectivity index (χ2v) is 5.39. The predicted octanol–water partition coefficient (Wildman–Crippen LogP) is 0.708. The first-order chi connectivity index (χ1) is 8.72. The van der Waals surface area contributed by atoms with Gasteiger partial charge in [0.05, 0.1) is 37.6 Å². The minimum atomic E-state index is -0.290. The van der Waals surface area contributed by atoms with Crippen LogP contribution < -0.4 is 5.32 Å². The number of hydrogen-bond acceptors (Lipinski definition) is 5. The number of carbonyl (C=O) groups is 1. The second kappa shape index (κ2) is 4.78. The zero-order valence-corrected chi connectivity index (χ0v) is 12.1. The van der Waals surface area contributed by atoms with Crippen molar-refractivity contribution in [2.24, 2.45) is 0 Å². The second-order valence-electron chi connectivity index (χ2n) is 4.37. The van der Waals surface area contributed by atoms with Crippen molar-refractivity contribution in [1.82, 2.24) is 15.1 Å². The maximum absolute atomic E-state index is 12.0. The zero-order valence-electron chi connectivity index (χ0n) is 9.98. The summed E-state index contributed by atoms with van der Waals surface area (Å²) in [4.78, 5) is 12.0. The largest absolute Gasteiger partial charge is 0.462 e. The summed E-state index contributed by atoms with van der Waals surface area (Å²) in [5, 5.41) is 7.87. The molecule has 2 atom stereocenters. The van der Waals surface area contributed by atoms with Crippen molar-refractivity contribution in [2.45, 2.75) is 25.6 Å². The van der Waals surface area contributed by atoms with Crippen LogP contribution in [0.4, 0.5) is 0 Å². The highest BCUT2D eigenvalue weighted by molar-refractivity contribution is 14.1. The van der Waals surface area contributed by atoms with Crippen LogP contribution in [0.25, 0.3) is 0 Å². The molecule has 0 bridgehead atoms. The highest BCUT2D eigenvalue weighted by atomic mass is 127. The molecule has 1 aromatic rings. The van der Waals surface area contributed by atoms with Crippen molar-refractivity contribution >= 4 is 28.6 Å². The molecule has 1 aromatic heterocycles. The molecular formula is C11H14IN3O3. The summed E-state index contributed by atoms with van der Waals surface area (Å²) in [7, 11) is 0. The lowest BCUT2D eigenvalue weighted by atomic mass is 10.1. The predicted molar refractivity (Wildman–Crippen MR) is 71.4 cm³/mol. The molecule has 1 saturated heterocycles. The molecule has 2 aliphatic heterocycles. The van der Waals surface area contributed by atoms with Gasteiger partial charge in [-0.15, -0.1) is 0 Å². The first kappa shape index (κ1) is 12.4. The quantitative estimate of drug-likeness (QED) is 0.619. The lowest BCUT2D eigenvalue weighted by Gasteiger charge is -2.27. The number of rotatable bonds is 2. The van der Waals surface area contributed by atoms with E-state index in [4.69, 9.17) is 9.47 Å². The molecule has 3 heterocycles. The number of nitrogens with zero attached hydrogens (tertiary/aromatic N) is 2. The van der Waals surface area contributed by atoms with Crippen LogP contribution in [0.3, 0.4) is 0 Å². The molecule has 0 aromatic carbocycles. The van der Waals surface area contributed by atoms with Gasteiger partial charge in [-0.25, -0.2) is 4.79 Å². The van der Waals surface area contributed by atoms with Crippen molar-refractivity contribution in [3.05, 3.63) is 15.0 Å². The Hall–Kier alpha value is -0.670. The lowest BCUT2D eigenvalue weighted by Crippen LogP contribution is -2.42. The Morgan fingerprint density at radius 1 is 1.67 bits per heavy atom. The normalized spacial score (nSPS) is 25.7. The molecule has 0 amide bonds. The Labute approximate surface area is 118 Å². The van der Waals surface area contributed by atoms with Gasteiger partial charge in [-0.05, 0) is 29.5 Å². The highest BCUT2D eigenvalue weighted by Gasteiger charge is 2.38. The first-order valence-electron chi connectivity index (χ1n) is 5.97. The van der Waals surface area contributed by atoms with Gasteiger partial charge in [0.15, 0.2) is 0 Å². The third-order valence-electron chi connectivity index (χ3n) is 3.34. The number of hydrogen-bond donors (Lipinski definition) is 1. The van der Waals surface area contributed by atoms with Crippen molar-refractivity contribution < 1.29 is 14.3 Å². The van der Waals surface area contributed by atoms with E-state index in [0.29, 0.717) is 41.7 Å². The Morgan fingerprint density at radius 2 is 2.50 bits per heavy atom. The Bertz CT molecular complexity index is 488. The molecule has 0 aliphatic carbocycles. The van der Waals surface area contributed by atoms with Crippen LogP contribution >= 0.6 is 22.6 Å². The monoisotopic (exact) mass is 363 g/mol. The van der Waals surface area contributed by atoms with Crippen molar-refractivity contribution in [2.75, 3.05) is 19.8 Å². The Kier molecular flexibility index (Phi) is 3.29. The fraction of sp³-hybridized carbons (Fsp3) is 0.636. The Morgan fingerprint density at radius 3 is 3.28 bits per heavy atom. The van der Waals surface area contributed by atoms with Crippen LogP contribution in [0.15, 0.2) is 0 Å². The minimum Gasteiger partial charge on any atom is -0.462 e. The molecule has 0 saturated carbocycles. The van der Waals surface area contributed by atoms with E-state index in [1.165, 1.54) is 0 Å². The Balaban J connectivity index is 2.00. The molecule has 6 nitrogen and oxygen atoms in total. The number of fused-ring (bicyclic) bond motifs is 3. The third-order valence-corrected chi connectivity index (χ3v) is 4.10. The number of halogens is 1. The van der Waals surface area contributed by atoms with Gasteiger partial charge in [-0.2, -0.15) is 5.10 Å². The highest BCUT2D eigenvalue weighted by Crippen LogP contribution is 2.29. The number of nitrogens with one attached hydrogen (secondary N) is 1. The van der Waals surface area contributed by atoms with E-state index in [1.54, 1.807) is 6.92 Å². The zero-order chi connectivity index (χ0) is 12.7. The van der Waals surface area contributed by atoms with Crippen molar-refractivity contribution in [3.63, 3.8) is 0 Å². The van der Waals surface area contributed by atoms with Gasteiger partial charge in [-0.1, -0.05) is 0 Å². The summed E-state index contributed by atoms with van der Waals surface area (Å²) >= 11 is 2.09. The minimum absolute atomic E-state index is 0.186. The summed E-state index contributed by atoms with van der Waals surface area (Å²) < 4.78 is 13.2. The molecule has 1 fully saturated rings. The average molecular weight is 363 g/mol. The molecule has 1 N–H and O–H groups in total. The van der Waals surface area contributed by atoms with Gasteiger partial charge >= 0.3 is 5.97 Å². The molecule has 0 radical (unpaired) electrons. The van der Waals surface area contributed by atoms with Gasteiger partial charge in [0.1, 0.15) is 9.26 Å². The van der Waals surface area contributed by atoms with Gasteiger partial charge in [0, 0.05) is 6.54 Å². The topological polar surface area (TPSA) is 65.4 Å². The molecule has 2 aliphatic rings. The van der Waals surface area contributed by atoms with Gasteiger partial charge < -0.3 is 14.8 Å². The van der Waals surface area contributed by atoms with E-state index < -0.39 is 0 Å². The molecule has 7 heteroatoms. The summed E-state index contributed by atoms with van der Waals surface area (Å²) in [6, 6.07) is 0.480. The van der Waals surface area contributed by atoms with Crippen LogP contribution in [0.5, 0.6) is 0 Å². The number of aromatic nitrogens is 2. The first-order valence-corrected chi connectivity index (χ1v) is 7.05. The van der Waals surface area contributed by atoms with Crippen molar-refractivity contribution in [3.8, 4) is 0 Å². The average Bonchev–Trinajstić information content (AvgIpc) is 2.91. The molecule has 0 unspecified atom stereocenters. The van der Waals surface area contributed by atoms with Crippen LogP contribution in [-0.2, 0) is 16.0 Å². The molecule has 98 valence electrons. The number of carbonyl (C=O) groups excluding carboxylic acids is 1. The number of esters is 1. The van der Waals surface area contributed by atoms with E-state index >= 15 is 0 Å². The van der Waals surface area contributed by atoms with Gasteiger partial charge in [-0.3, -0.25) is 4.68 Å². The van der Waals surface area contributed by atoms with E-state index in [-0.39, 0.29) is 12.0 Å². The fourth-order valence-electron chi connectivity index (χ4n) is 2.49. The van der Waals surface area contributed by atoms with E-state index in [9.17, 15) is 4.79 Å². The van der Waals surface area contributed by atoms with E-state index in [0.717, 1.165) is 5.69 Å². The maximum Gasteiger partial charge on any atom is 0.342 e. The SMILES string of the molecule is CCOC(=O)c1c(I)nn2c1CN[C@@H]1COC[C@@H]12. The van der Waals surface area contributed by atoms with Crippen LogP contribution in [0.1, 0.15) is 29.0 Å². The van der Waals surface area contributed by atoms with Crippen LogP contribution in [-0.4, -0.2) is 41.6 Å². The molecule has 3 rings (SSSR count). The summed E-state index contributed by atoms with van der Waals surface area (Å²) in [5.41, 5.74) is 1.50.